The Hall–Kier alpha value is -1.95. The van der Waals surface area contributed by atoms with Crippen molar-refractivity contribution in [1.29, 1.82) is 5.41 Å². The highest BCUT2D eigenvalue weighted by Crippen LogP contribution is 2.34. The van der Waals surface area contributed by atoms with Gasteiger partial charge < -0.3 is 4.90 Å². The maximum Gasteiger partial charge on any atom is 0.269 e. The van der Waals surface area contributed by atoms with Crippen LogP contribution in [0.1, 0.15) is 42.8 Å². The smallest absolute Gasteiger partial charge is 0.269 e. The van der Waals surface area contributed by atoms with Crippen LogP contribution >= 0.6 is 11.3 Å². The number of carbonyl (C=O) groups excluding carboxylic acids is 1. The van der Waals surface area contributed by atoms with Gasteiger partial charge in [0.15, 0.2) is 0 Å². The summed E-state index contributed by atoms with van der Waals surface area (Å²) in [5.41, 5.74) is 1.17. The lowest BCUT2D eigenvalue weighted by Crippen LogP contribution is -2.38. The summed E-state index contributed by atoms with van der Waals surface area (Å²) in [5, 5.41) is 8.67. The normalized spacial score (nSPS) is 14.1. The van der Waals surface area contributed by atoms with E-state index < -0.39 is 0 Å². The third-order valence-corrected chi connectivity index (χ3v) is 5.56. The number of nitrogens with one attached hydrogen (secondary N) is 1. The first-order chi connectivity index (χ1) is 11.2. The third kappa shape index (κ3) is 2.83. The summed E-state index contributed by atoms with van der Waals surface area (Å²) < 4.78 is 0. The molecule has 0 bridgehead atoms. The molecule has 6 heteroatoms. The van der Waals surface area contributed by atoms with Crippen molar-refractivity contribution >= 4 is 39.5 Å². The van der Waals surface area contributed by atoms with Crippen LogP contribution in [0, 0.1) is 5.41 Å². The van der Waals surface area contributed by atoms with Crippen LogP contribution in [0.3, 0.4) is 0 Å². The van der Waals surface area contributed by atoms with Crippen LogP contribution in [-0.4, -0.2) is 41.3 Å². The second-order valence-corrected chi connectivity index (χ2v) is 6.84. The summed E-state index contributed by atoms with van der Waals surface area (Å²) in [4.78, 5) is 22.7. The van der Waals surface area contributed by atoms with Gasteiger partial charge in [-0.3, -0.25) is 15.1 Å². The second-order valence-electron chi connectivity index (χ2n) is 5.81. The van der Waals surface area contributed by atoms with Crippen LogP contribution < -0.4 is 4.90 Å². The monoisotopic (exact) mass is 330 g/mol. The van der Waals surface area contributed by atoms with Gasteiger partial charge in [-0.15, -0.1) is 11.3 Å². The van der Waals surface area contributed by atoms with Crippen LogP contribution in [0.4, 0.5) is 5.69 Å². The van der Waals surface area contributed by atoms with Gasteiger partial charge in [-0.05, 0) is 31.4 Å². The lowest BCUT2D eigenvalue weighted by molar-refractivity contribution is 0.0807. The molecule has 122 valence electrons. The van der Waals surface area contributed by atoms with E-state index in [-0.39, 0.29) is 11.9 Å². The van der Waals surface area contributed by atoms with Gasteiger partial charge in [-0.2, -0.15) is 0 Å². The predicted molar refractivity (Wildman–Crippen MR) is 95.8 cm³/mol. The number of amides is 1. The molecule has 1 fully saturated rings. The molecular weight excluding hydrogens is 308 g/mol. The lowest BCUT2D eigenvalue weighted by atomic mass is 10.1. The highest BCUT2D eigenvalue weighted by molar-refractivity contribution is 7.20. The number of rotatable bonds is 6. The molecule has 0 unspecified atom stereocenters. The van der Waals surface area contributed by atoms with E-state index in [1.165, 1.54) is 23.4 Å². The summed E-state index contributed by atoms with van der Waals surface area (Å²) in [6, 6.07) is 4.05. The fraction of sp³-hybridized carbons (Fsp3) is 0.471. The minimum Gasteiger partial charge on any atom is -0.371 e. The fourth-order valence-electron chi connectivity index (χ4n) is 3.00. The second kappa shape index (κ2) is 6.66. The first kappa shape index (κ1) is 15.9. The van der Waals surface area contributed by atoms with Gasteiger partial charge in [0.2, 0.25) is 0 Å². The van der Waals surface area contributed by atoms with Gasteiger partial charge in [0.25, 0.3) is 5.91 Å². The molecular formula is C17H22N4OS. The van der Waals surface area contributed by atoms with Crippen molar-refractivity contribution in [2.45, 2.75) is 39.2 Å². The van der Waals surface area contributed by atoms with E-state index in [9.17, 15) is 4.79 Å². The van der Waals surface area contributed by atoms with Crippen molar-refractivity contribution < 1.29 is 4.79 Å². The molecule has 0 aliphatic carbocycles. The molecule has 2 aromatic heterocycles. The molecule has 3 heterocycles. The molecule has 1 saturated heterocycles. The van der Waals surface area contributed by atoms with Gasteiger partial charge in [-0.1, -0.05) is 13.8 Å². The Labute approximate surface area is 140 Å². The molecule has 1 amide bonds. The third-order valence-electron chi connectivity index (χ3n) is 4.53. The fourth-order valence-corrected chi connectivity index (χ4v) is 3.97. The minimum absolute atomic E-state index is 0.0769. The summed E-state index contributed by atoms with van der Waals surface area (Å²) in [6.45, 7) is 6.23. The molecule has 2 aromatic rings. The number of hydrogen-bond donors (Lipinski definition) is 1. The summed E-state index contributed by atoms with van der Waals surface area (Å²) in [7, 11) is 0. The van der Waals surface area contributed by atoms with Crippen molar-refractivity contribution in [3.05, 3.63) is 23.2 Å². The first-order valence-electron chi connectivity index (χ1n) is 8.16. The zero-order valence-electron chi connectivity index (χ0n) is 13.6. The molecule has 0 aromatic carbocycles. The maximum absolute atomic E-state index is 12.8. The predicted octanol–water partition coefficient (Wildman–Crippen LogP) is 3.74. The van der Waals surface area contributed by atoms with Crippen LogP contribution in [0.5, 0.6) is 0 Å². The van der Waals surface area contributed by atoms with Crippen molar-refractivity contribution in [2.24, 2.45) is 0 Å². The van der Waals surface area contributed by atoms with Crippen molar-refractivity contribution in [2.75, 3.05) is 18.0 Å². The van der Waals surface area contributed by atoms with E-state index in [2.05, 4.69) is 9.88 Å². The zero-order chi connectivity index (χ0) is 16.4. The van der Waals surface area contributed by atoms with Gasteiger partial charge in [0.1, 0.15) is 4.83 Å². The first-order valence-corrected chi connectivity index (χ1v) is 8.98. The lowest BCUT2D eigenvalue weighted by Gasteiger charge is -2.33. The Morgan fingerprint density at radius 1 is 1.48 bits per heavy atom. The van der Waals surface area contributed by atoms with Crippen LogP contribution in [0.2, 0.25) is 0 Å². The van der Waals surface area contributed by atoms with E-state index in [0.717, 1.165) is 42.5 Å². The van der Waals surface area contributed by atoms with Crippen molar-refractivity contribution in [1.82, 2.24) is 9.88 Å². The molecule has 5 nitrogen and oxygen atoms in total. The quantitative estimate of drug-likeness (QED) is 0.648. The van der Waals surface area contributed by atoms with Gasteiger partial charge in [-0.25, -0.2) is 4.98 Å². The van der Waals surface area contributed by atoms with Gasteiger partial charge in [0, 0.05) is 36.4 Å². The number of hydrogen-bond acceptors (Lipinski definition) is 5. The molecule has 1 aliphatic heterocycles. The molecule has 23 heavy (non-hydrogen) atoms. The summed E-state index contributed by atoms with van der Waals surface area (Å²) in [5.74, 6) is -0.0914. The SMILES string of the molecule is CCC(CC)N(C=N)C(=O)c1cc2c(N3CCC3)ccnc2s1. The molecule has 0 radical (unpaired) electrons. The Morgan fingerprint density at radius 3 is 2.78 bits per heavy atom. The maximum atomic E-state index is 12.8. The average molecular weight is 330 g/mol. The number of anilines is 1. The largest absolute Gasteiger partial charge is 0.371 e. The van der Waals surface area contributed by atoms with E-state index in [4.69, 9.17) is 5.41 Å². The molecule has 0 saturated carbocycles. The van der Waals surface area contributed by atoms with Gasteiger partial charge in [0.05, 0.1) is 11.2 Å². The van der Waals surface area contributed by atoms with Crippen LogP contribution in [-0.2, 0) is 0 Å². The average Bonchev–Trinajstić information content (AvgIpc) is 2.95. The number of nitrogens with zero attached hydrogens (tertiary/aromatic N) is 3. The standard InChI is InChI=1S/C17H22N4OS/c1-3-12(4-2)21(11-18)17(22)15-10-13-14(20-8-5-9-20)6-7-19-16(13)23-15/h6-7,10-12,18H,3-5,8-9H2,1-2H3. The van der Waals surface area contributed by atoms with Crippen LogP contribution in [0.15, 0.2) is 18.3 Å². The van der Waals surface area contributed by atoms with E-state index in [1.807, 2.05) is 32.2 Å². The number of fused-ring (bicyclic) bond motifs is 1. The Balaban J connectivity index is 1.96. The number of carbonyl (C=O) groups is 1. The highest BCUT2D eigenvalue weighted by atomic mass is 32.1. The molecule has 0 atom stereocenters. The Bertz CT molecular complexity index is 718. The zero-order valence-corrected chi connectivity index (χ0v) is 14.4. The van der Waals surface area contributed by atoms with E-state index >= 15 is 0 Å². The number of pyridine rings is 1. The molecule has 0 spiro atoms. The number of aromatic nitrogens is 1. The van der Waals surface area contributed by atoms with Crippen molar-refractivity contribution in [3.63, 3.8) is 0 Å². The number of thiophene rings is 1. The summed E-state index contributed by atoms with van der Waals surface area (Å²) in [6.07, 6.45) is 5.89. The molecule has 1 N–H and O–H groups in total. The Kier molecular flexibility index (Phi) is 4.61. The molecule has 3 rings (SSSR count). The topological polar surface area (TPSA) is 60.3 Å². The Morgan fingerprint density at radius 2 is 2.22 bits per heavy atom. The van der Waals surface area contributed by atoms with Gasteiger partial charge >= 0.3 is 0 Å². The minimum atomic E-state index is -0.0914. The summed E-state index contributed by atoms with van der Waals surface area (Å²) >= 11 is 1.42. The van der Waals surface area contributed by atoms with Crippen molar-refractivity contribution in [3.8, 4) is 0 Å². The van der Waals surface area contributed by atoms with E-state index in [0.29, 0.717) is 4.88 Å². The van der Waals surface area contributed by atoms with E-state index in [1.54, 1.807) is 4.90 Å². The highest BCUT2D eigenvalue weighted by Gasteiger charge is 2.24. The molecule has 1 aliphatic rings. The van der Waals surface area contributed by atoms with Crippen LogP contribution in [0.25, 0.3) is 10.2 Å².